The number of anilines is 1. The number of ether oxygens (including phenoxy) is 1. The van der Waals surface area contributed by atoms with Gasteiger partial charge in [0.05, 0.1) is 16.3 Å². The number of fused-ring (bicyclic) bond motifs is 1. The molecule has 2 N–H and O–H groups in total. The number of carboxylic acids is 1. The smallest absolute Gasteiger partial charge is 0.314 e. The van der Waals surface area contributed by atoms with Crippen LogP contribution in [0.1, 0.15) is 36.8 Å². The number of hydrogen-bond donors (Lipinski definition) is 2. The number of carboxylic acid groups (broad SMARTS) is 1. The van der Waals surface area contributed by atoms with Crippen LogP contribution >= 0.6 is 0 Å². The normalized spacial score (nSPS) is 17.2. The molecule has 2 aromatic carbocycles. The number of aliphatic carboxylic acids is 1. The molecule has 0 bridgehead atoms. The maximum Gasteiger partial charge on any atom is 0.314 e. The number of carbonyl (C=O) groups is 1. The Morgan fingerprint density at radius 3 is 2.15 bits per heavy atom. The molecule has 0 spiro atoms. The van der Waals surface area contributed by atoms with Crippen LogP contribution in [0.25, 0.3) is 10.8 Å². The van der Waals surface area contributed by atoms with Crippen molar-refractivity contribution in [3.05, 3.63) is 90.0 Å². The largest absolute Gasteiger partial charge is 0.481 e. The van der Waals surface area contributed by atoms with Gasteiger partial charge in [0, 0.05) is 12.4 Å². The van der Waals surface area contributed by atoms with E-state index in [0.29, 0.717) is 30.3 Å². The van der Waals surface area contributed by atoms with E-state index in [1.807, 2.05) is 36.4 Å². The Bertz CT molecular complexity index is 1390. The molecule has 6 rings (SSSR count). The molecule has 2 aliphatic carbocycles. The first-order valence-electron chi connectivity index (χ1n) is 11.3. The lowest BCUT2D eigenvalue weighted by Gasteiger charge is -2.21. The lowest BCUT2D eigenvalue weighted by molar-refractivity contribution is -0.140. The first kappa shape index (κ1) is 20.6. The van der Waals surface area contributed by atoms with Gasteiger partial charge in [0.1, 0.15) is 17.4 Å². The molecule has 7 heteroatoms. The highest BCUT2D eigenvalue weighted by Gasteiger charge is 2.52. The molecule has 0 unspecified atom stereocenters. The number of hydrogen-bond acceptors (Lipinski definition) is 5. The Hall–Kier alpha value is -4.00. The molecule has 0 aliphatic heterocycles. The molecule has 34 heavy (non-hydrogen) atoms. The van der Waals surface area contributed by atoms with Crippen molar-refractivity contribution in [3.63, 3.8) is 0 Å². The van der Waals surface area contributed by atoms with Gasteiger partial charge in [-0.1, -0.05) is 24.3 Å². The Kier molecular flexibility index (Phi) is 4.55. The summed E-state index contributed by atoms with van der Waals surface area (Å²) in [5.41, 5.74) is 0.976. The van der Waals surface area contributed by atoms with Crippen molar-refractivity contribution < 1.29 is 19.0 Å². The predicted octanol–water partition coefficient (Wildman–Crippen LogP) is 5.78. The summed E-state index contributed by atoms with van der Waals surface area (Å²) in [4.78, 5) is 20.7. The van der Waals surface area contributed by atoms with Crippen molar-refractivity contribution in [1.29, 1.82) is 0 Å². The number of nitrogens with one attached hydrogen (secondary N) is 1. The van der Waals surface area contributed by atoms with Crippen LogP contribution in [-0.2, 0) is 15.7 Å². The predicted molar refractivity (Wildman–Crippen MR) is 126 cm³/mol. The number of benzene rings is 2. The number of halogens is 1. The zero-order valence-electron chi connectivity index (χ0n) is 18.3. The van der Waals surface area contributed by atoms with Gasteiger partial charge in [-0.3, -0.25) is 4.79 Å². The van der Waals surface area contributed by atoms with Crippen molar-refractivity contribution in [2.24, 2.45) is 0 Å². The summed E-state index contributed by atoms with van der Waals surface area (Å²) >= 11 is 0. The second-order valence-electron chi connectivity index (χ2n) is 9.10. The summed E-state index contributed by atoms with van der Waals surface area (Å²) in [6, 6.07) is 17.5. The standard InChI is InChI=1S/C27H22FN3O3/c28-20-5-7-21(8-6-20)34-24-22-17(10-16-30-24)9-15-29-23(22)31-27(13-14-27)19-3-1-18(2-4-19)26(11-12-26)25(32)33/h1-10,15-16H,11-14H2,(H,29,31)(H,32,33). The third-order valence-electron chi connectivity index (χ3n) is 6.93. The van der Waals surface area contributed by atoms with Gasteiger partial charge in [-0.05, 0) is 78.6 Å². The number of rotatable bonds is 7. The molecule has 2 saturated carbocycles. The fraction of sp³-hybridized carbons (Fsp3) is 0.222. The SMILES string of the molecule is O=C(O)C1(c2ccc(C3(Nc4nccc5ccnc(Oc6ccc(F)cc6)c45)CC3)cc2)CC1. The third-order valence-corrected chi connectivity index (χ3v) is 6.93. The van der Waals surface area contributed by atoms with Gasteiger partial charge in [-0.15, -0.1) is 0 Å². The summed E-state index contributed by atoms with van der Waals surface area (Å²) in [5.74, 6) is 0.456. The molecule has 2 heterocycles. The molecule has 0 atom stereocenters. The molecule has 0 saturated heterocycles. The van der Waals surface area contributed by atoms with E-state index in [1.165, 1.54) is 12.1 Å². The second-order valence-corrected chi connectivity index (χ2v) is 9.10. The van der Waals surface area contributed by atoms with Crippen LogP contribution in [0, 0.1) is 5.82 Å². The van der Waals surface area contributed by atoms with Gasteiger partial charge in [-0.25, -0.2) is 14.4 Å². The molecule has 2 aliphatic rings. The van der Waals surface area contributed by atoms with Gasteiger partial charge >= 0.3 is 5.97 Å². The highest BCUT2D eigenvalue weighted by molar-refractivity contribution is 5.96. The summed E-state index contributed by atoms with van der Waals surface area (Å²) in [6.07, 6.45) is 6.66. The average Bonchev–Trinajstić information content (AvgIpc) is 3.77. The highest BCUT2D eigenvalue weighted by atomic mass is 19.1. The molecule has 2 fully saturated rings. The zero-order valence-corrected chi connectivity index (χ0v) is 18.3. The van der Waals surface area contributed by atoms with Gasteiger partial charge in [-0.2, -0.15) is 0 Å². The summed E-state index contributed by atoms with van der Waals surface area (Å²) in [7, 11) is 0. The van der Waals surface area contributed by atoms with E-state index in [1.54, 1.807) is 24.5 Å². The minimum Gasteiger partial charge on any atom is -0.481 e. The van der Waals surface area contributed by atoms with E-state index >= 15 is 0 Å². The van der Waals surface area contributed by atoms with E-state index in [-0.39, 0.29) is 11.4 Å². The maximum absolute atomic E-state index is 13.3. The molecule has 170 valence electrons. The van der Waals surface area contributed by atoms with E-state index in [0.717, 1.165) is 34.7 Å². The highest BCUT2D eigenvalue weighted by Crippen LogP contribution is 2.52. The Morgan fingerprint density at radius 2 is 1.53 bits per heavy atom. The summed E-state index contributed by atoms with van der Waals surface area (Å²) < 4.78 is 19.3. The van der Waals surface area contributed by atoms with Gasteiger partial charge in [0.15, 0.2) is 0 Å². The van der Waals surface area contributed by atoms with Crippen molar-refractivity contribution in [3.8, 4) is 11.6 Å². The fourth-order valence-electron chi connectivity index (χ4n) is 4.57. The van der Waals surface area contributed by atoms with E-state index in [2.05, 4.69) is 15.3 Å². The number of pyridine rings is 2. The van der Waals surface area contributed by atoms with E-state index in [9.17, 15) is 14.3 Å². The van der Waals surface area contributed by atoms with Crippen LogP contribution < -0.4 is 10.1 Å². The van der Waals surface area contributed by atoms with Crippen LogP contribution in [0.15, 0.2) is 73.1 Å². The lowest BCUT2D eigenvalue weighted by atomic mass is 9.93. The number of aromatic nitrogens is 2. The average molecular weight is 455 g/mol. The molecule has 4 aromatic rings. The minimum absolute atomic E-state index is 0.275. The minimum atomic E-state index is -0.749. The number of nitrogens with zero attached hydrogens (tertiary/aromatic N) is 2. The van der Waals surface area contributed by atoms with Crippen molar-refractivity contribution in [2.75, 3.05) is 5.32 Å². The molecular weight excluding hydrogens is 433 g/mol. The van der Waals surface area contributed by atoms with E-state index < -0.39 is 11.4 Å². The molecule has 6 nitrogen and oxygen atoms in total. The molecular formula is C27H22FN3O3. The monoisotopic (exact) mass is 455 g/mol. The zero-order chi connectivity index (χ0) is 23.3. The first-order chi connectivity index (χ1) is 16.5. The van der Waals surface area contributed by atoms with Crippen molar-refractivity contribution in [2.45, 2.75) is 36.6 Å². The Balaban J connectivity index is 1.33. The quantitative estimate of drug-likeness (QED) is 0.368. The van der Waals surface area contributed by atoms with E-state index in [4.69, 9.17) is 4.74 Å². The lowest BCUT2D eigenvalue weighted by Crippen LogP contribution is -2.22. The van der Waals surface area contributed by atoms with Crippen LogP contribution in [0.5, 0.6) is 11.6 Å². The summed E-state index contributed by atoms with van der Waals surface area (Å²) in [5, 5.41) is 14.9. The third kappa shape index (κ3) is 3.44. The second kappa shape index (κ2) is 7.52. The van der Waals surface area contributed by atoms with Crippen molar-refractivity contribution >= 4 is 22.6 Å². The van der Waals surface area contributed by atoms with Crippen LogP contribution in [-0.4, -0.2) is 21.0 Å². The van der Waals surface area contributed by atoms with Crippen LogP contribution in [0.4, 0.5) is 10.2 Å². The first-order valence-corrected chi connectivity index (χ1v) is 11.3. The van der Waals surface area contributed by atoms with Gasteiger partial charge < -0.3 is 15.2 Å². The molecule has 0 amide bonds. The van der Waals surface area contributed by atoms with Crippen molar-refractivity contribution in [1.82, 2.24) is 9.97 Å². The van der Waals surface area contributed by atoms with Gasteiger partial charge in [0.2, 0.25) is 5.88 Å². The van der Waals surface area contributed by atoms with Crippen LogP contribution in [0.3, 0.4) is 0 Å². The summed E-state index contributed by atoms with van der Waals surface area (Å²) in [6.45, 7) is 0. The Morgan fingerprint density at radius 1 is 0.882 bits per heavy atom. The maximum atomic E-state index is 13.3. The topological polar surface area (TPSA) is 84.3 Å². The molecule has 0 radical (unpaired) electrons. The Labute approximate surface area is 195 Å². The van der Waals surface area contributed by atoms with Crippen LogP contribution in [0.2, 0.25) is 0 Å². The fourth-order valence-corrected chi connectivity index (χ4v) is 4.57. The van der Waals surface area contributed by atoms with Gasteiger partial charge in [0.25, 0.3) is 0 Å². The molecule has 2 aromatic heterocycles.